The van der Waals surface area contributed by atoms with Crippen LogP contribution >= 0.6 is 0 Å². The second-order valence-electron chi connectivity index (χ2n) is 7.42. The van der Waals surface area contributed by atoms with Gasteiger partial charge in [-0.3, -0.25) is 9.69 Å². The highest BCUT2D eigenvalue weighted by atomic mass is 16.5. The number of carbonyl (C=O) groups is 1. The molecule has 3 rings (SSSR count). The van der Waals surface area contributed by atoms with Crippen LogP contribution in [-0.4, -0.2) is 62.6 Å². The number of hydrogen-bond donors (Lipinski definition) is 1. The van der Waals surface area contributed by atoms with Crippen LogP contribution < -0.4 is 10.1 Å². The summed E-state index contributed by atoms with van der Waals surface area (Å²) in [5.74, 6) is 0.809. The van der Waals surface area contributed by atoms with Crippen LogP contribution in [0.4, 0.5) is 0 Å². The third kappa shape index (κ3) is 5.57. The molecule has 1 heterocycles. The predicted octanol–water partition coefficient (Wildman–Crippen LogP) is 2.73. The lowest BCUT2D eigenvalue weighted by atomic mass is 10.0. The second kappa shape index (κ2) is 10.2. The van der Waals surface area contributed by atoms with E-state index in [9.17, 15) is 4.79 Å². The molecule has 5 heteroatoms. The molecule has 5 nitrogen and oxygen atoms in total. The van der Waals surface area contributed by atoms with Crippen molar-refractivity contribution in [2.75, 3.05) is 46.9 Å². The minimum atomic E-state index is 0.0440. The van der Waals surface area contributed by atoms with E-state index in [1.54, 1.807) is 7.11 Å². The maximum Gasteiger partial charge on any atom is 0.224 e. The Labute approximate surface area is 168 Å². The van der Waals surface area contributed by atoms with Crippen molar-refractivity contribution in [2.24, 2.45) is 0 Å². The number of para-hydroxylation sites is 1. The molecule has 150 valence electrons. The molecule has 0 saturated carbocycles. The van der Waals surface area contributed by atoms with Crippen molar-refractivity contribution in [2.45, 2.75) is 18.9 Å². The number of methoxy groups -OCH3 is 1. The summed E-state index contributed by atoms with van der Waals surface area (Å²) in [5, 5.41) is 3.05. The minimum absolute atomic E-state index is 0.0440. The number of nitrogens with one attached hydrogen (secondary N) is 1. The van der Waals surface area contributed by atoms with Crippen molar-refractivity contribution in [1.82, 2.24) is 15.1 Å². The Hall–Kier alpha value is -2.37. The van der Waals surface area contributed by atoms with Crippen molar-refractivity contribution >= 4 is 5.91 Å². The number of piperazine rings is 1. The van der Waals surface area contributed by atoms with E-state index >= 15 is 0 Å². The first kappa shape index (κ1) is 20.4. The Kier molecular flexibility index (Phi) is 7.46. The third-order valence-electron chi connectivity index (χ3n) is 5.37. The lowest BCUT2D eigenvalue weighted by Gasteiger charge is -2.40. The number of carbonyl (C=O) groups excluding carboxylic acids is 1. The largest absolute Gasteiger partial charge is 0.496 e. The molecule has 2 aromatic rings. The van der Waals surface area contributed by atoms with Gasteiger partial charge in [-0.05, 0) is 25.1 Å². The number of nitrogens with zero attached hydrogens (tertiary/aromatic N) is 2. The monoisotopic (exact) mass is 381 g/mol. The van der Waals surface area contributed by atoms with Gasteiger partial charge in [0.25, 0.3) is 0 Å². The van der Waals surface area contributed by atoms with E-state index in [2.05, 4.69) is 52.5 Å². The molecular formula is C23H31N3O2. The zero-order chi connectivity index (χ0) is 19.8. The fourth-order valence-electron chi connectivity index (χ4n) is 3.81. The quantitative estimate of drug-likeness (QED) is 0.714. The number of hydrogen-bond acceptors (Lipinski definition) is 4. The van der Waals surface area contributed by atoms with Crippen molar-refractivity contribution in [3.05, 3.63) is 65.7 Å². The molecule has 1 N–H and O–H groups in total. The van der Waals surface area contributed by atoms with Crippen LogP contribution in [0, 0.1) is 0 Å². The van der Waals surface area contributed by atoms with Crippen LogP contribution in [0.3, 0.4) is 0 Å². The van der Waals surface area contributed by atoms with Crippen LogP contribution in [0.15, 0.2) is 54.6 Å². The molecule has 1 aliphatic heterocycles. The zero-order valence-electron chi connectivity index (χ0n) is 16.9. The Morgan fingerprint density at radius 2 is 1.86 bits per heavy atom. The Balaban J connectivity index is 1.46. The molecule has 1 atom stereocenters. The standard InChI is InChI=1S/C23H31N3O2/c1-25-15-16-26(21(18-25)19-9-4-3-5-10-19)14-8-13-24-23(27)17-20-11-6-7-12-22(20)28-2/h3-7,9-12,21H,8,13-18H2,1-2H3,(H,24,27)/t21-/m1/s1. The summed E-state index contributed by atoms with van der Waals surface area (Å²) in [5.41, 5.74) is 2.29. The van der Waals surface area contributed by atoms with Gasteiger partial charge < -0.3 is 15.0 Å². The molecule has 1 saturated heterocycles. The SMILES string of the molecule is COc1ccccc1CC(=O)NCCCN1CCN(C)C[C@@H]1c1ccccc1. The van der Waals surface area contributed by atoms with E-state index in [0.29, 0.717) is 19.0 Å². The normalized spacial score (nSPS) is 18.0. The summed E-state index contributed by atoms with van der Waals surface area (Å²) in [6.07, 6.45) is 1.30. The molecule has 1 amide bonds. The van der Waals surface area contributed by atoms with Gasteiger partial charge >= 0.3 is 0 Å². The average molecular weight is 382 g/mol. The Morgan fingerprint density at radius 3 is 2.64 bits per heavy atom. The third-order valence-corrected chi connectivity index (χ3v) is 5.37. The second-order valence-corrected chi connectivity index (χ2v) is 7.42. The lowest BCUT2D eigenvalue weighted by molar-refractivity contribution is -0.120. The first-order valence-electron chi connectivity index (χ1n) is 10.0. The Bertz CT molecular complexity index is 751. The predicted molar refractivity (Wildman–Crippen MR) is 113 cm³/mol. The van der Waals surface area contributed by atoms with Crippen LogP contribution in [-0.2, 0) is 11.2 Å². The molecule has 0 spiro atoms. The van der Waals surface area contributed by atoms with E-state index in [1.165, 1.54) is 5.56 Å². The number of benzene rings is 2. The van der Waals surface area contributed by atoms with Crippen molar-refractivity contribution in [1.29, 1.82) is 0 Å². The van der Waals surface area contributed by atoms with Gasteiger partial charge in [0.2, 0.25) is 5.91 Å². The number of ether oxygens (including phenoxy) is 1. The molecule has 0 unspecified atom stereocenters. The van der Waals surface area contributed by atoms with Gasteiger partial charge in [-0.15, -0.1) is 0 Å². The van der Waals surface area contributed by atoms with Crippen LogP contribution in [0.25, 0.3) is 0 Å². The molecule has 0 bridgehead atoms. The highest BCUT2D eigenvalue weighted by molar-refractivity contribution is 5.79. The van der Waals surface area contributed by atoms with Gasteiger partial charge in [0.1, 0.15) is 5.75 Å². The van der Waals surface area contributed by atoms with E-state index in [-0.39, 0.29) is 5.91 Å². The first-order chi connectivity index (χ1) is 13.7. The van der Waals surface area contributed by atoms with Gasteiger partial charge in [-0.1, -0.05) is 48.5 Å². The summed E-state index contributed by atoms with van der Waals surface area (Å²) in [6, 6.07) is 18.8. The molecule has 0 aromatic heterocycles. The number of amides is 1. The molecule has 1 fully saturated rings. The summed E-state index contributed by atoms with van der Waals surface area (Å²) in [6.45, 7) is 4.88. The van der Waals surface area contributed by atoms with E-state index < -0.39 is 0 Å². The summed E-state index contributed by atoms with van der Waals surface area (Å²) >= 11 is 0. The maximum atomic E-state index is 12.3. The fraction of sp³-hybridized carbons (Fsp3) is 0.435. The summed E-state index contributed by atoms with van der Waals surface area (Å²) in [4.78, 5) is 17.2. The van der Waals surface area contributed by atoms with Gasteiger partial charge in [0.05, 0.1) is 13.5 Å². The van der Waals surface area contributed by atoms with Crippen LogP contribution in [0.2, 0.25) is 0 Å². The summed E-state index contributed by atoms with van der Waals surface area (Å²) < 4.78 is 5.32. The molecule has 1 aliphatic rings. The van der Waals surface area contributed by atoms with Gasteiger partial charge in [0.15, 0.2) is 0 Å². The van der Waals surface area contributed by atoms with Gasteiger partial charge in [-0.25, -0.2) is 0 Å². The highest BCUT2D eigenvalue weighted by Crippen LogP contribution is 2.24. The van der Waals surface area contributed by atoms with Crippen LogP contribution in [0.5, 0.6) is 5.75 Å². The Morgan fingerprint density at radius 1 is 1.11 bits per heavy atom. The smallest absolute Gasteiger partial charge is 0.224 e. The van der Waals surface area contributed by atoms with E-state index in [1.807, 2.05) is 24.3 Å². The lowest BCUT2D eigenvalue weighted by Crippen LogP contribution is -2.47. The zero-order valence-corrected chi connectivity index (χ0v) is 16.9. The van der Waals surface area contributed by atoms with Crippen molar-refractivity contribution in [3.63, 3.8) is 0 Å². The number of rotatable bonds is 8. The summed E-state index contributed by atoms with van der Waals surface area (Å²) in [7, 11) is 3.82. The minimum Gasteiger partial charge on any atom is -0.496 e. The molecule has 28 heavy (non-hydrogen) atoms. The van der Waals surface area contributed by atoms with Crippen LogP contribution in [0.1, 0.15) is 23.6 Å². The van der Waals surface area contributed by atoms with Crippen molar-refractivity contribution in [3.8, 4) is 5.75 Å². The van der Waals surface area contributed by atoms with Crippen molar-refractivity contribution < 1.29 is 9.53 Å². The average Bonchev–Trinajstić information content (AvgIpc) is 2.73. The molecule has 0 radical (unpaired) electrons. The van der Waals surface area contributed by atoms with Gasteiger partial charge in [0, 0.05) is 44.3 Å². The van der Waals surface area contributed by atoms with E-state index in [0.717, 1.165) is 43.9 Å². The highest BCUT2D eigenvalue weighted by Gasteiger charge is 2.25. The van der Waals surface area contributed by atoms with E-state index in [4.69, 9.17) is 4.74 Å². The maximum absolute atomic E-state index is 12.3. The van der Waals surface area contributed by atoms with Gasteiger partial charge in [-0.2, -0.15) is 0 Å². The molecular weight excluding hydrogens is 350 g/mol. The topological polar surface area (TPSA) is 44.8 Å². The molecule has 2 aromatic carbocycles. The molecule has 0 aliphatic carbocycles. The fourth-order valence-corrected chi connectivity index (χ4v) is 3.81. The number of likely N-dealkylation sites (N-methyl/N-ethyl adjacent to an activating group) is 1. The first-order valence-corrected chi connectivity index (χ1v) is 10.0.